The van der Waals surface area contributed by atoms with Crippen LogP contribution in [0.15, 0.2) is 42.5 Å². The monoisotopic (exact) mass is 283 g/mol. The highest BCUT2D eigenvalue weighted by Crippen LogP contribution is 2.26. The van der Waals surface area contributed by atoms with Crippen LogP contribution in [0.1, 0.15) is 25.3 Å². The van der Waals surface area contributed by atoms with E-state index in [0.717, 1.165) is 25.9 Å². The van der Waals surface area contributed by atoms with Gasteiger partial charge in [0.15, 0.2) is 0 Å². The van der Waals surface area contributed by atoms with Crippen molar-refractivity contribution in [1.29, 1.82) is 0 Å². The Morgan fingerprint density at radius 3 is 2.76 bits per heavy atom. The Morgan fingerprint density at radius 2 is 2.00 bits per heavy atom. The molecule has 0 spiro atoms. The van der Waals surface area contributed by atoms with Crippen molar-refractivity contribution in [3.05, 3.63) is 48.0 Å². The van der Waals surface area contributed by atoms with E-state index in [4.69, 9.17) is 0 Å². The Morgan fingerprint density at radius 1 is 1.24 bits per heavy atom. The first-order valence-electron chi connectivity index (χ1n) is 7.59. The van der Waals surface area contributed by atoms with Crippen molar-refractivity contribution in [2.75, 3.05) is 6.54 Å². The molecule has 1 N–H and O–H groups in total. The second-order valence-electron chi connectivity index (χ2n) is 5.98. The summed E-state index contributed by atoms with van der Waals surface area (Å²) >= 11 is 0. The minimum atomic E-state index is -0.661. The van der Waals surface area contributed by atoms with Crippen molar-refractivity contribution < 1.29 is 9.90 Å². The molecule has 0 saturated carbocycles. The number of carbonyl (C=O) groups is 1. The van der Waals surface area contributed by atoms with Gasteiger partial charge in [0.2, 0.25) is 0 Å². The summed E-state index contributed by atoms with van der Waals surface area (Å²) in [7, 11) is 0. The molecule has 1 aliphatic heterocycles. The zero-order valence-corrected chi connectivity index (χ0v) is 12.3. The van der Waals surface area contributed by atoms with E-state index in [1.165, 1.54) is 16.3 Å². The first-order chi connectivity index (χ1) is 10.1. The number of fused-ring (bicyclic) bond motifs is 1. The molecule has 0 aromatic heterocycles. The van der Waals surface area contributed by atoms with Gasteiger partial charge in [0.05, 0.1) is 5.92 Å². The minimum absolute atomic E-state index is 0.0997. The highest BCUT2D eigenvalue weighted by atomic mass is 16.4. The zero-order valence-electron chi connectivity index (χ0n) is 12.3. The quantitative estimate of drug-likeness (QED) is 0.937. The van der Waals surface area contributed by atoms with Gasteiger partial charge >= 0.3 is 5.97 Å². The number of nitrogens with zero attached hydrogens (tertiary/aromatic N) is 1. The molecule has 21 heavy (non-hydrogen) atoms. The number of carboxylic acids is 1. The van der Waals surface area contributed by atoms with Crippen LogP contribution in [0.2, 0.25) is 0 Å². The number of likely N-dealkylation sites (tertiary alicyclic amines) is 1. The maximum atomic E-state index is 11.3. The molecule has 1 aliphatic rings. The molecule has 0 unspecified atom stereocenters. The molecular weight excluding hydrogens is 262 g/mol. The predicted octanol–water partition coefficient (Wildman–Crippen LogP) is 3.52. The van der Waals surface area contributed by atoms with Crippen molar-refractivity contribution in [2.24, 2.45) is 5.92 Å². The Bertz CT molecular complexity index is 652. The van der Waals surface area contributed by atoms with Crippen molar-refractivity contribution >= 4 is 16.7 Å². The third-order valence-electron chi connectivity index (χ3n) is 4.64. The maximum Gasteiger partial charge on any atom is 0.308 e. The van der Waals surface area contributed by atoms with Crippen molar-refractivity contribution in [1.82, 2.24) is 4.90 Å². The van der Waals surface area contributed by atoms with Gasteiger partial charge in [-0.25, -0.2) is 0 Å². The molecule has 0 aliphatic carbocycles. The molecular formula is C18H21NO2. The number of hydrogen-bond acceptors (Lipinski definition) is 2. The maximum absolute atomic E-state index is 11.3. The van der Waals surface area contributed by atoms with E-state index in [-0.39, 0.29) is 12.0 Å². The molecule has 0 amide bonds. The standard InChI is InChI=1S/C18H21NO2/c1-13-17(18(20)21)7-4-10-19(13)12-14-8-9-15-5-2-3-6-16(15)11-14/h2-3,5-6,8-9,11,13,17H,4,7,10,12H2,1H3,(H,20,21)/t13-,17-/m1/s1. The topological polar surface area (TPSA) is 40.5 Å². The van der Waals surface area contributed by atoms with Gasteiger partial charge < -0.3 is 5.11 Å². The van der Waals surface area contributed by atoms with Gasteiger partial charge in [-0.1, -0.05) is 36.4 Å². The molecule has 3 heteroatoms. The average molecular weight is 283 g/mol. The number of hydrogen-bond donors (Lipinski definition) is 1. The van der Waals surface area contributed by atoms with Gasteiger partial charge in [-0.05, 0) is 48.7 Å². The molecule has 0 radical (unpaired) electrons. The van der Waals surface area contributed by atoms with Crippen LogP contribution < -0.4 is 0 Å². The highest BCUT2D eigenvalue weighted by molar-refractivity contribution is 5.83. The fourth-order valence-electron chi connectivity index (χ4n) is 3.34. The van der Waals surface area contributed by atoms with Crippen molar-refractivity contribution in [3.8, 4) is 0 Å². The van der Waals surface area contributed by atoms with E-state index >= 15 is 0 Å². The molecule has 0 bridgehead atoms. The predicted molar refractivity (Wildman–Crippen MR) is 84.2 cm³/mol. The van der Waals surface area contributed by atoms with Gasteiger partial charge in [0.1, 0.15) is 0 Å². The van der Waals surface area contributed by atoms with Crippen LogP contribution in [-0.4, -0.2) is 28.6 Å². The van der Waals surface area contributed by atoms with E-state index in [0.29, 0.717) is 0 Å². The number of benzene rings is 2. The number of aliphatic carboxylic acids is 1. The summed E-state index contributed by atoms with van der Waals surface area (Å²) < 4.78 is 0. The normalized spacial score (nSPS) is 23.3. The van der Waals surface area contributed by atoms with Gasteiger partial charge in [-0.2, -0.15) is 0 Å². The molecule has 2 aromatic carbocycles. The summed E-state index contributed by atoms with van der Waals surface area (Å²) in [5.74, 6) is -0.898. The van der Waals surface area contributed by atoms with Crippen LogP contribution in [0.25, 0.3) is 10.8 Å². The molecule has 1 fully saturated rings. The Kier molecular flexibility index (Phi) is 3.93. The lowest BCUT2D eigenvalue weighted by Gasteiger charge is -2.37. The van der Waals surface area contributed by atoms with E-state index in [9.17, 15) is 9.90 Å². The lowest BCUT2D eigenvalue weighted by molar-refractivity contribution is -0.145. The lowest BCUT2D eigenvalue weighted by atomic mass is 9.90. The van der Waals surface area contributed by atoms with Gasteiger partial charge in [-0.15, -0.1) is 0 Å². The summed E-state index contributed by atoms with van der Waals surface area (Å²) in [5, 5.41) is 11.8. The van der Waals surface area contributed by atoms with E-state index in [1.807, 2.05) is 13.0 Å². The first kappa shape index (κ1) is 14.1. The average Bonchev–Trinajstić information content (AvgIpc) is 2.49. The van der Waals surface area contributed by atoms with Crippen LogP contribution in [0.3, 0.4) is 0 Å². The van der Waals surface area contributed by atoms with Crippen LogP contribution >= 0.6 is 0 Å². The molecule has 110 valence electrons. The lowest BCUT2D eigenvalue weighted by Crippen LogP contribution is -2.45. The van der Waals surface area contributed by atoms with Gasteiger partial charge in [-0.3, -0.25) is 9.69 Å². The summed E-state index contributed by atoms with van der Waals surface area (Å²) in [4.78, 5) is 13.6. The zero-order chi connectivity index (χ0) is 14.8. The van der Waals surface area contributed by atoms with Gasteiger partial charge in [0.25, 0.3) is 0 Å². The molecule has 1 saturated heterocycles. The largest absolute Gasteiger partial charge is 0.481 e. The van der Waals surface area contributed by atoms with E-state index in [2.05, 4.69) is 41.3 Å². The number of rotatable bonds is 3. The number of carboxylic acid groups (broad SMARTS) is 1. The minimum Gasteiger partial charge on any atom is -0.481 e. The summed E-state index contributed by atoms with van der Waals surface area (Å²) in [6.45, 7) is 3.85. The highest BCUT2D eigenvalue weighted by Gasteiger charge is 2.32. The van der Waals surface area contributed by atoms with Crippen LogP contribution in [0.5, 0.6) is 0 Å². The second kappa shape index (κ2) is 5.86. The molecule has 2 atom stereocenters. The van der Waals surface area contributed by atoms with Crippen LogP contribution in [0, 0.1) is 5.92 Å². The molecule has 1 heterocycles. The summed E-state index contributed by atoms with van der Waals surface area (Å²) in [6, 6.07) is 15.0. The van der Waals surface area contributed by atoms with Crippen molar-refractivity contribution in [2.45, 2.75) is 32.4 Å². The smallest absolute Gasteiger partial charge is 0.308 e. The molecule has 3 rings (SSSR count). The van der Waals surface area contributed by atoms with Crippen molar-refractivity contribution in [3.63, 3.8) is 0 Å². The Balaban J connectivity index is 1.79. The van der Waals surface area contributed by atoms with Crippen LogP contribution in [-0.2, 0) is 11.3 Å². The summed E-state index contributed by atoms with van der Waals surface area (Å²) in [5.41, 5.74) is 1.26. The van der Waals surface area contributed by atoms with E-state index < -0.39 is 5.97 Å². The fraction of sp³-hybridized carbons (Fsp3) is 0.389. The third kappa shape index (κ3) is 2.93. The molecule has 2 aromatic rings. The summed E-state index contributed by atoms with van der Waals surface area (Å²) in [6.07, 6.45) is 1.76. The Hall–Kier alpha value is -1.87. The Labute approximate surface area is 125 Å². The first-order valence-corrected chi connectivity index (χ1v) is 7.59. The number of piperidine rings is 1. The van der Waals surface area contributed by atoms with E-state index in [1.54, 1.807) is 0 Å². The van der Waals surface area contributed by atoms with Gasteiger partial charge in [0, 0.05) is 12.6 Å². The fourth-order valence-corrected chi connectivity index (χ4v) is 3.34. The third-order valence-corrected chi connectivity index (χ3v) is 4.64. The SMILES string of the molecule is C[C@@H]1[C@H](C(=O)O)CCCN1Cc1ccc2ccccc2c1. The second-order valence-corrected chi connectivity index (χ2v) is 5.98. The van der Waals surface area contributed by atoms with Crippen LogP contribution in [0.4, 0.5) is 0 Å². The molecule has 3 nitrogen and oxygen atoms in total.